The van der Waals surface area contributed by atoms with Gasteiger partial charge in [-0.3, -0.25) is 14.2 Å². The minimum atomic E-state index is -0.426. The Morgan fingerprint density at radius 3 is 2.80 bits per heavy atom. The number of aromatic nitrogens is 2. The lowest BCUT2D eigenvalue weighted by Crippen LogP contribution is -2.37. The van der Waals surface area contributed by atoms with Crippen LogP contribution in [-0.2, 0) is 24.6 Å². The van der Waals surface area contributed by atoms with Gasteiger partial charge < -0.3 is 9.88 Å². The van der Waals surface area contributed by atoms with E-state index in [2.05, 4.69) is 27.3 Å². The van der Waals surface area contributed by atoms with E-state index in [0.29, 0.717) is 6.54 Å². The molecule has 0 aliphatic heterocycles. The smallest absolute Gasteiger partial charge is 0.330 e. The standard InChI is InChI=1S/C16H18BrN3O3S2/c1-19-9-11(15(22)20(2)16(19)23)3-6-14(21)18-7-8-24-10-12-4-5-13(17)25-12/h3-6,9H,7-8,10H2,1-2H3,(H,18,21). The third kappa shape index (κ3) is 5.72. The number of nitrogens with zero attached hydrogens (tertiary/aromatic N) is 2. The zero-order valence-electron chi connectivity index (χ0n) is 13.8. The van der Waals surface area contributed by atoms with Crippen molar-refractivity contribution in [2.24, 2.45) is 14.1 Å². The lowest BCUT2D eigenvalue weighted by molar-refractivity contribution is -0.116. The van der Waals surface area contributed by atoms with Crippen molar-refractivity contribution in [3.63, 3.8) is 0 Å². The highest BCUT2D eigenvalue weighted by atomic mass is 79.9. The number of carbonyl (C=O) groups excluding carboxylic acids is 1. The van der Waals surface area contributed by atoms with Crippen LogP contribution in [0, 0.1) is 0 Å². The fourth-order valence-corrected chi connectivity index (χ4v) is 4.48. The van der Waals surface area contributed by atoms with E-state index in [1.165, 1.54) is 34.8 Å². The summed E-state index contributed by atoms with van der Waals surface area (Å²) in [5, 5.41) is 2.77. The van der Waals surface area contributed by atoms with E-state index in [1.54, 1.807) is 30.1 Å². The van der Waals surface area contributed by atoms with Crippen molar-refractivity contribution < 1.29 is 4.79 Å². The van der Waals surface area contributed by atoms with Gasteiger partial charge in [0, 0.05) is 49.3 Å². The molecular formula is C16H18BrN3O3S2. The van der Waals surface area contributed by atoms with Crippen molar-refractivity contribution in [2.75, 3.05) is 12.3 Å². The first kappa shape index (κ1) is 19.7. The molecule has 2 heterocycles. The largest absolute Gasteiger partial charge is 0.352 e. The minimum Gasteiger partial charge on any atom is -0.352 e. The molecule has 0 saturated carbocycles. The highest BCUT2D eigenvalue weighted by Crippen LogP contribution is 2.25. The van der Waals surface area contributed by atoms with E-state index >= 15 is 0 Å². The van der Waals surface area contributed by atoms with Gasteiger partial charge in [-0.05, 0) is 34.1 Å². The molecule has 2 aromatic rings. The first-order chi connectivity index (χ1) is 11.9. The molecule has 0 aliphatic rings. The van der Waals surface area contributed by atoms with Gasteiger partial charge in [0.2, 0.25) is 5.91 Å². The van der Waals surface area contributed by atoms with E-state index in [9.17, 15) is 14.4 Å². The lowest BCUT2D eigenvalue weighted by atomic mass is 10.3. The van der Waals surface area contributed by atoms with Gasteiger partial charge in [-0.25, -0.2) is 4.79 Å². The summed E-state index contributed by atoms with van der Waals surface area (Å²) in [7, 11) is 2.97. The molecule has 9 heteroatoms. The van der Waals surface area contributed by atoms with Crippen LogP contribution < -0.4 is 16.6 Å². The number of hydrogen-bond donors (Lipinski definition) is 1. The number of carbonyl (C=O) groups is 1. The van der Waals surface area contributed by atoms with Crippen LogP contribution in [0.4, 0.5) is 0 Å². The van der Waals surface area contributed by atoms with Crippen LogP contribution in [0.2, 0.25) is 0 Å². The molecule has 0 unspecified atom stereocenters. The third-order valence-electron chi connectivity index (χ3n) is 3.31. The third-order valence-corrected chi connectivity index (χ3v) is 6.12. The number of amides is 1. The zero-order valence-corrected chi connectivity index (χ0v) is 17.0. The van der Waals surface area contributed by atoms with E-state index in [-0.39, 0.29) is 11.5 Å². The molecule has 134 valence electrons. The molecule has 0 bridgehead atoms. The van der Waals surface area contributed by atoms with Gasteiger partial charge in [0.1, 0.15) is 0 Å². The second-order valence-corrected chi connectivity index (χ2v) is 8.88. The molecule has 0 saturated heterocycles. The molecule has 0 spiro atoms. The number of nitrogens with one attached hydrogen (secondary N) is 1. The van der Waals surface area contributed by atoms with E-state index in [0.717, 1.165) is 19.9 Å². The molecule has 0 aromatic carbocycles. The quantitative estimate of drug-likeness (QED) is 0.524. The van der Waals surface area contributed by atoms with Crippen molar-refractivity contribution in [1.82, 2.24) is 14.5 Å². The van der Waals surface area contributed by atoms with Crippen molar-refractivity contribution in [1.29, 1.82) is 0 Å². The molecule has 0 fully saturated rings. The van der Waals surface area contributed by atoms with Crippen LogP contribution in [-0.4, -0.2) is 27.3 Å². The van der Waals surface area contributed by atoms with Crippen molar-refractivity contribution in [3.05, 3.63) is 59.5 Å². The zero-order chi connectivity index (χ0) is 18.4. The molecule has 0 radical (unpaired) electrons. The van der Waals surface area contributed by atoms with Crippen LogP contribution in [0.5, 0.6) is 0 Å². The van der Waals surface area contributed by atoms with Crippen molar-refractivity contribution in [2.45, 2.75) is 5.75 Å². The second kappa shape index (κ2) is 9.21. The van der Waals surface area contributed by atoms with Gasteiger partial charge >= 0.3 is 5.69 Å². The first-order valence-electron chi connectivity index (χ1n) is 7.43. The van der Waals surface area contributed by atoms with Gasteiger partial charge in [0.05, 0.1) is 9.35 Å². The van der Waals surface area contributed by atoms with E-state index in [1.807, 2.05) is 6.07 Å². The summed E-state index contributed by atoms with van der Waals surface area (Å²) in [5.74, 6) is 1.45. The number of hydrogen-bond acceptors (Lipinski definition) is 5. The number of rotatable bonds is 7. The fraction of sp³-hybridized carbons (Fsp3) is 0.312. The Bertz CT molecular complexity index is 899. The summed E-state index contributed by atoms with van der Waals surface area (Å²) in [5.41, 5.74) is -0.538. The highest BCUT2D eigenvalue weighted by Gasteiger charge is 2.04. The van der Waals surface area contributed by atoms with Crippen LogP contribution >= 0.6 is 39.0 Å². The summed E-state index contributed by atoms with van der Waals surface area (Å²) in [6.07, 6.45) is 4.15. The summed E-state index contributed by atoms with van der Waals surface area (Å²) in [4.78, 5) is 36.7. The maximum Gasteiger partial charge on any atom is 0.330 e. The Morgan fingerprint density at radius 1 is 1.36 bits per heavy atom. The highest BCUT2D eigenvalue weighted by molar-refractivity contribution is 9.11. The van der Waals surface area contributed by atoms with E-state index in [4.69, 9.17) is 0 Å². The molecule has 6 nitrogen and oxygen atoms in total. The average Bonchev–Trinajstić information content (AvgIpc) is 3.00. The van der Waals surface area contributed by atoms with Gasteiger partial charge in [-0.2, -0.15) is 11.8 Å². The average molecular weight is 444 g/mol. The summed E-state index contributed by atoms with van der Waals surface area (Å²) in [6.45, 7) is 0.547. The molecule has 2 aromatic heterocycles. The number of thiophene rings is 1. The van der Waals surface area contributed by atoms with Gasteiger partial charge in [-0.15, -0.1) is 11.3 Å². The molecule has 0 aliphatic carbocycles. The monoisotopic (exact) mass is 443 g/mol. The predicted octanol–water partition coefficient (Wildman–Crippen LogP) is 1.97. The van der Waals surface area contributed by atoms with Crippen LogP contribution in [0.15, 0.2) is 37.8 Å². The molecule has 2 rings (SSSR count). The second-order valence-electron chi connectivity index (χ2n) is 5.22. The summed E-state index contributed by atoms with van der Waals surface area (Å²) >= 11 is 6.88. The fourth-order valence-electron chi connectivity index (χ4n) is 2.02. The Balaban J connectivity index is 1.79. The normalized spacial score (nSPS) is 11.2. The number of aryl methyl sites for hydroxylation is 1. The van der Waals surface area contributed by atoms with Gasteiger partial charge in [0.15, 0.2) is 0 Å². The summed E-state index contributed by atoms with van der Waals surface area (Å²) in [6, 6.07) is 4.10. The van der Waals surface area contributed by atoms with Gasteiger partial charge in [0.25, 0.3) is 5.56 Å². The van der Waals surface area contributed by atoms with E-state index < -0.39 is 11.2 Å². The topological polar surface area (TPSA) is 73.1 Å². The van der Waals surface area contributed by atoms with Crippen LogP contribution in [0.25, 0.3) is 6.08 Å². The Labute approximate surface area is 161 Å². The molecule has 1 amide bonds. The maximum atomic E-state index is 12.0. The SMILES string of the molecule is Cn1cc(C=CC(=O)NCCSCc2ccc(Br)s2)c(=O)n(C)c1=O. The maximum absolute atomic E-state index is 12.0. The Morgan fingerprint density at radius 2 is 2.12 bits per heavy atom. The Hall–Kier alpha value is -1.58. The lowest BCUT2D eigenvalue weighted by Gasteiger charge is -2.04. The molecule has 25 heavy (non-hydrogen) atoms. The van der Waals surface area contributed by atoms with Crippen molar-refractivity contribution >= 4 is 51.0 Å². The Kier molecular flexibility index (Phi) is 7.27. The number of thioether (sulfide) groups is 1. The molecule has 0 atom stereocenters. The van der Waals surface area contributed by atoms with Gasteiger partial charge in [-0.1, -0.05) is 0 Å². The molecular weight excluding hydrogens is 426 g/mol. The van der Waals surface area contributed by atoms with Crippen LogP contribution in [0.1, 0.15) is 10.4 Å². The summed E-state index contributed by atoms with van der Waals surface area (Å²) < 4.78 is 3.43. The van der Waals surface area contributed by atoms with Crippen LogP contribution in [0.3, 0.4) is 0 Å². The number of halogens is 1. The molecule has 1 N–H and O–H groups in total. The minimum absolute atomic E-state index is 0.268. The predicted molar refractivity (Wildman–Crippen MR) is 107 cm³/mol. The van der Waals surface area contributed by atoms with Crippen molar-refractivity contribution in [3.8, 4) is 0 Å². The first-order valence-corrected chi connectivity index (χ1v) is 10.2.